The zero-order valence-electron chi connectivity index (χ0n) is 13.6. The van der Waals surface area contributed by atoms with Crippen LogP contribution in [0.3, 0.4) is 0 Å². The molecular formula is C19H25N3O. The first-order valence-corrected chi connectivity index (χ1v) is 8.88. The van der Waals surface area contributed by atoms with E-state index < -0.39 is 0 Å². The molecule has 0 spiro atoms. The molecule has 2 aliphatic rings. The van der Waals surface area contributed by atoms with Crippen LogP contribution in [0, 0.1) is 0 Å². The standard InChI is InChI=1S/C19H25N3O/c23-19(21-15-9-11-22(12-10-15)16-6-7-16)8-5-14-13-20-18-4-2-1-3-17(14)18/h1-4,13,15-16,20H,5-12H2,(H,21,23). The van der Waals surface area contributed by atoms with E-state index in [1.165, 1.54) is 23.8 Å². The predicted molar refractivity (Wildman–Crippen MR) is 92.4 cm³/mol. The van der Waals surface area contributed by atoms with E-state index in [-0.39, 0.29) is 5.91 Å². The highest BCUT2D eigenvalue weighted by Gasteiger charge is 2.31. The van der Waals surface area contributed by atoms with E-state index in [9.17, 15) is 4.79 Å². The fourth-order valence-electron chi connectivity index (χ4n) is 3.74. The average molecular weight is 311 g/mol. The van der Waals surface area contributed by atoms with Crippen molar-refractivity contribution in [3.8, 4) is 0 Å². The van der Waals surface area contributed by atoms with Gasteiger partial charge in [0.25, 0.3) is 0 Å². The van der Waals surface area contributed by atoms with Gasteiger partial charge in [0, 0.05) is 48.7 Å². The number of rotatable bonds is 5. The quantitative estimate of drug-likeness (QED) is 0.892. The lowest BCUT2D eigenvalue weighted by atomic mass is 10.0. The molecule has 0 atom stereocenters. The van der Waals surface area contributed by atoms with E-state index in [0.717, 1.165) is 43.9 Å². The van der Waals surface area contributed by atoms with Crippen molar-refractivity contribution in [3.05, 3.63) is 36.0 Å². The molecule has 0 radical (unpaired) electrons. The van der Waals surface area contributed by atoms with Gasteiger partial charge in [0.2, 0.25) is 5.91 Å². The van der Waals surface area contributed by atoms with Crippen LogP contribution in [0.15, 0.2) is 30.5 Å². The molecule has 1 aliphatic carbocycles. The minimum atomic E-state index is 0.195. The number of nitrogens with zero attached hydrogens (tertiary/aromatic N) is 1. The first kappa shape index (κ1) is 14.8. The fraction of sp³-hybridized carbons (Fsp3) is 0.526. The number of H-pyrrole nitrogens is 1. The number of carbonyl (C=O) groups is 1. The second-order valence-electron chi connectivity index (χ2n) is 6.97. The van der Waals surface area contributed by atoms with Gasteiger partial charge in [-0.1, -0.05) is 18.2 Å². The van der Waals surface area contributed by atoms with Crippen LogP contribution in [0.4, 0.5) is 0 Å². The van der Waals surface area contributed by atoms with Gasteiger partial charge in [-0.3, -0.25) is 4.79 Å². The molecule has 1 aromatic heterocycles. The topological polar surface area (TPSA) is 48.1 Å². The Labute approximate surface area is 137 Å². The van der Waals surface area contributed by atoms with E-state index in [0.29, 0.717) is 12.5 Å². The van der Waals surface area contributed by atoms with Crippen molar-refractivity contribution in [2.45, 2.75) is 50.6 Å². The number of aromatic amines is 1. The van der Waals surface area contributed by atoms with E-state index in [2.05, 4.69) is 27.3 Å². The van der Waals surface area contributed by atoms with Crippen LogP contribution in [0.2, 0.25) is 0 Å². The second kappa shape index (κ2) is 6.36. The number of fused-ring (bicyclic) bond motifs is 1. The van der Waals surface area contributed by atoms with E-state index in [1.807, 2.05) is 18.3 Å². The molecule has 1 saturated heterocycles. The summed E-state index contributed by atoms with van der Waals surface area (Å²) >= 11 is 0. The van der Waals surface area contributed by atoms with Crippen LogP contribution in [0.25, 0.3) is 10.9 Å². The number of piperidine rings is 1. The lowest BCUT2D eigenvalue weighted by molar-refractivity contribution is -0.122. The number of carbonyl (C=O) groups excluding carboxylic acids is 1. The largest absolute Gasteiger partial charge is 0.361 e. The summed E-state index contributed by atoms with van der Waals surface area (Å²) in [5.74, 6) is 0.195. The van der Waals surface area contributed by atoms with E-state index in [4.69, 9.17) is 0 Å². The van der Waals surface area contributed by atoms with Crippen LogP contribution in [0.5, 0.6) is 0 Å². The van der Waals surface area contributed by atoms with Crippen molar-refractivity contribution in [1.82, 2.24) is 15.2 Å². The van der Waals surface area contributed by atoms with Gasteiger partial charge < -0.3 is 15.2 Å². The molecule has 23 heavy (non-hydrogen) atoms. The third kappa shape index (κ3) is 3.42. The van der Waals surface area contributed by atoms with Crippen molar-refractivity contribution in [2.75, 3.05) is 13.1 Å². The zero-order valence-corrected chi connectivity index (χ0v) is 13.6. The number of nitrogens with one attached hydrogen (secondary N) is 2. The maximum Gasteiger partial charge on any atom is 0.220 e. The lowest BCUT2D eigenvalue weighted by Crippen LogP contribution is -2.45. The number of benzene rings is 1. The Balaban J connectivity index is 1.25. The average Bonchev–Trinajstić information content (AvgIpc) is 3.34. The first-order valence-electron chi connectivity index (χ1n) is 8.88. The minimum absolute atomic E-state index is 0.195. The Hall–Kier alpha value is -1.81. The number of para-hydroxylation sites is 1. The highest BCUT2D eigenvalue weighted by atomic mass is 16.1. The maximum atomic E-state index is 12.2. The van der Waals surface area contributed by atoms with Crippen molar-refractivity contribution in [1.29, 1.82) is 0 Å². The van der Waals surface area contributed by atoms with Gasteiger partial charge in [-0.25, -0.2) is 0 Å². The third-order valence-corrected chi connectivity index (χ3v) is 5.25. The van der Waals surface area contributed by atoms with Crippen LogP contribution in [0.1, 0.15) is 37.7 Å². The van der Waals surface area contributed by atoms with Crippen LogP contribution >= 0.6 is 0 Å². The summed E-state index contributed by atoms with van der Waals surface area (Å²) in [4.78, 5) is 18.1. The molecule has 122 valence electrons. The van der Waals surface area contributed by atoms with Crippen molar-refractivity contribution in [3.63, 3.8) is 0 Å². The summed E-state index contributed by atoms with van der Waals surface area (Å²) in [7, 11) is 0. The molecule has 2 fully saturated rings. The zero-order chi connectivity index (χ0) is 15.6. The Kier molecular flexibility index (Phi) is 4.08. The molecule has 1 saturated carbocycles. The highest BCUT2D eigenvalue weighted by molar-refractivity contribution is 5.84. The van der Waals surface area contributed by atoms with Gasteiger partial charge in [0.15, 0.2) is 0 Å². The molecule has 2 aromatic rings. The monoisotopic (exact) mass is 311 g/mol. The van der Waals surface area contributed by atoms with Gasteiger partial charge in [-0.2, -0.15) is 0 Å². The Morgan fingerprint density at radius 2 is 1.96 bits per heavy atom. The maximum absolute atomic E-state index is 12.2. The summed E-state index contributed by atoms with van der Waals surface area (Å²) in [6, 6.07) is 9.50. The number of aromatic nitrogens is 1. The number of likely N-dealkylation sites (tertiary alicyclic amines) is 1. The van der Waals surface area contributed by atoms with Gasteiger partial charge in [0.05, 0.1) is 0 Å². The van der Waals surface area contributed by atoms with Crippen LogP contribution in [-0.4, -0.2) is 41.0 Å². The van der Waals surface area contributed by atoms with Crippen LogP contribution in [-0.2, 0) is 11.2 Å². The first-order chi connectivity index (χ1) is 11.3. The fourth-order valence-corrected chi connectivity index (χ4v) is 3.74. The summed E-state index contributed by atoms with van der Waals surface area (Å²) in [5, 5.41) is 4.47. The number of aryl methyl sites for hydroxylation is 1. The molecule has 0 bridgehead atoms. The van der Waals surface area contributed by atoms with Crippen molar-refractivity contribution < 1.29 is 4.79 Å². The van der Waals surface area contributed by atoms with Gasteiger partial charge in [-0.15, -0.1) is 0 Å². The molecule has 4 heteroatoms. The highest BCUT2D eigenvalue weighted by Crippen LogP contribution is 2.29. The van der Waals surface area contributed by atoms with Crippen LogP contribution < -0.4 is 5.32 Å². The van der Waals surface area contributed by atoms with E-state index >= 15 is 0 Å². The minimum Gasteiger partial charge on any atom is -0.361 e. The summed E-state index contributed by atoms with van der Waals surface area (Å²) < 4.78 is 0. The molecule has 4 rings (SSSR count). The lowest BCUT2D eigenvalue weighted by Gasteiger charge is -2.32. The summed E-state index contributed by atoms with van der Waals surface area (Å²) in [6.07, 6.45) is 8.38. The van der Waals surface area contributed by atoms with E-state index in [1.54, 1.807) is 0 Å². The number of hydrogen-bond donors (Lipinski definition) is 2. The van der Waals surface area contributed by atoms with Gasteiger partial charge >= 0.3 is 0 Å². The smallest absolute Gasteiger partial charge is 0.220 e. The second-order valence-corrected chi connectivity index (χ2v) is 6.97. The number of hydrogen-bond acceptors (Lipinski definition) is 2. The molecule has 2 N–H and O–H groups in total. The third-order valence-electron chi connectivity index (χ3n) is 5.25. The Morgan fingerprint density at radius 1 is 1.17 bits per heavy atom. The summed E-state index contributed by atoms with van der Waals surface area (Å²) in [5.41, 5.74) is 2.38. The molecule has 1 amide bonds. The molecule has 0 unspecified atom stereocenters. The molecular weight excluding hydrogens is 286 g/mol. The van der Waals surface area contributed by atoms with Crippen molar-refractivity contribution >= 4 is 16.8 Å². The summed E-state index contributed by atoms with van der Waals surface area (Å²) in [6.45, 7) is 2.30. The molecule has 4 nitrogen and oxygen atoms in total. The molecule has 2 heterocycles. The molecule has 1 aromatic carbocycles. The molecule has 1 aliphatic heterocycles. The predicted octanol–water partition coefficient (Wildman–Crippen LogP) is 2.84. The van der Waals surface area contributed by atoms with Gasteiger partial charge in [0.1, 0.15) is 0 Å². The SMILES string of the molecule is O=C(CCc1c[nH]c2ccccc12)NC1CCN(C2CC2)CC1. The van der Waals surface area contributed by atoms with Gasteiger partial charge in [-0.05, 0) is 43.7 Å². The Morgan fingerprint density at radius 3 is 2.74 bits per heavy atom. The normalized spacial score (nSPS) is 20.0. The number of amides is 1. The Bertz CT molecular complexity index is 681. The van der Waals surface area contributed by atoms with Crippen molar-refractivity contribution in [2.24, 2.45) is 0 Å².